The van der Waals surface area contributed by atoms with E-state index < -0.39 is 0 Å². The number of imidazole rings is 1. The second-order valence-corrected chi connectivity index (χ2v) is 2.46. The molecule has 4 heteroatoms. The van der Waals surface area contributed by atoms with E-state index in [2.05, 4.69) is 10.3 Å². The molecule has 0 bridgehead atoms. The first kappa shape index (κ1) is 6.97. The highest BCUT2D eigenvalue weighted by Crippen LogP contribution is 2.20. The summed E-state index contributed by atoms with van der Waals surface area (Å²) in [5.74, 6) is 0.697. The first-order valence-electron chi connectivity index (χ1n) is 3.66. The second-order valence-electron chi connectivity index (χ2n) is 2.46. The van der Waals surface area contributed by atoms with Gasteiger partial charge in [-0.1, -0.05) is 6.07 Å². The van der Waals surface area contributed by atoms with Crippen molar-refractivity contribution in [3.63, 3.8) is 0 Å². The van der Waals surface area contributed by atoms with Crippen LogP contribution in [-0.4, -0.2) is 21.5 Å². The molecule has 0 aliphatic carbocycles. The van der Waals surface area contributed by atoms with Crippen LogP contribution in [0.25, 0.3) is 5.52 Å². The molecular formula is C8H9N3O. The second kappa shape index (κ2) is 2.41. The maximum Gasteiger partial charge on any atom is 0.239 e. The summed E-state index contributed by atoms with van der Waals surface area (Å²) in [5, 5.41) is 12.2. The predicted molar refractivity (Wildman–Crippen MR) is 46.4 cm³/mol. The van der Waals surface area contributed by atoms with E-state index >= 15 is 0 Å². The van der Waals surface area contributed by atoms with Gasteiger partial charge in [-0.05, 0) is 12.1 Å². The summed E-state index contributed by atoms with van der Waals surface area (Å²) in [4.78, 5) is 3.92. The third kappa shape index (κ3) is 0.812. The minimum absolute atomic E-state index is 0.0555. The Labute approximate surface area is 69.5 Å². The molecule has 2 rings (SSSR count). The molecule has 2 aromatic heterocycles. The Morgan fingerprint density at radius 2 is 2.33 bits per heavy atom. The van der Waals surface area contributed by atoms with Crippen molar-refractivity contribution >= 4 is 11.5 Å². The van der Waals surface area contributed by atoms with E-state index in [-0.39, 0.29) is 5.88 Å². The van der Waals surface area contributed by atoms with Gasteiger partial charge < -0.3 is 10.4 Å². The number of aromatic nitrogens is 2. The molecule has 12 heavy (non-hydrogen) atoms. The zero-order valence-corrected chi connectivity index (χ0v) is 6.65. The van der Waals surface area contributed by atoms with Gasteiger partial charge in [0, 0.05) is 13.2 Å². The number of fused-ring (bicyclic) bond motifs is 1. The van der Waals surface area contributed by atoms with Crippen molar-refractivity contribution in [3.05, 3.63) is 24.4 Å². The maximum atomic E-state index is 9.35. The van der Waals surface area contributed by atoms with Gasteiger partial charge in [-0.2, -0.15) is 4.98 Å². The lowest BCUT2D eigenvalue weighted by molar-refractivity contribution is 0.463. The molecule has 0 amide bonds. The van der Waals surface area contributed by atoms with Crippen molar-refractivity contribution in [1.82, 2.24) is 9.38 Å². The molecule has 0 saturated carbocycles. The van der Waals surface area contributed by atoms with E-state index in [0.29, 0.717) is 11.5 Å². The van der Waals surface area contributed by atoms with Crippen molar-refractivity contribution < 1.29 is 5.11 Å². The first-order valence-corrected chi connectivity index (χ1v) is 3.66. The molecule has 2 heterocycles. The smallest absolute Gasteiger partial charge is 0.239 e. The van der Waals surface area contributed by atoms with E-state index in [0.717, 1.165) is 0 Å². The van der Waals surface area contributed by atoms with E-state index in [1.165, 1.54) is 0 Å². The van der Waals surface area contributed by atoms with Gasteiger partial charge in [0.2, 0.25) is 11.8 Å². The Kier molecular flexibility index (Phi) is 1.40. The van der Waals surface area contributed by atoms with E-state index in [1.807, 2.05) is 24.4 Å². The van der Waals surface area contributed by atoms with Crippen LogP contribution in [0.4, 0.5) is 5.95 Å². The lowest BCUT2D eigenvalue weighted by Crippen LogP contribution is -1.94. The summed E-state index contributed by atoms with van der Waals surface area (Å²) < 4.78 is 1.79. The molecule has 0 aliphatic rings. The van der Waals surface area contributed by atoms with Gasteiger partial charge in [-0.3, -0.25) is 4.40 Å². The fraction of sp³-hybridized carbons (Fsp3) is 0.125. The molecule has 0 spiro atoms. The highest BCUT2D eigenvalue weighted by atomic mass is 16.3. The number of aromatic hydroxyl groups is 1. The Hall–Kier alpha value is -1.71. The Morgan fingerprint density at radius 1 is 1.50 bits per heavy atom. The minimum atomic E-state index is 0.0555. The number of pyridine rings is 1. The van der Waals surface area contributed by atoms with Crippen LogP contribution >= 0.6 is 0 Å². The van der Waals surface area contributed by atoms with Crippen LogP contribution < -0.4 is 5.32 Å². The highest BCUT2D eigenvalue weighted by molar-refractivity contribution is 5.61. The number of hydrogen-bond acceptors (Lipinski definition) is 3. The average Bonchev–Trinajstić information content (AvgIpc) is 2.44. The summed E-state index contributed by atoms with van der Waals surface area (Å²) in [5.41, 5.74) is 0.710. The number of hydrogen-bond donors (Lipinski definition) is 2. The Bertz CT molecular complexity index is 408. The number of nitrogens with one attached hydrogen (secondary N) is 1. The van der Waals surface area contributed by atoms with Crippen molar-refractivity contribution in [1.29, 1.82) is 0 Å². The molecule has 0 radical (unpaired) electrons. The minimum Gasteiger partial charge on any atom is -0.492 e. The predicted octanol–water partition coefficient (Wildman–Crippen LogP) is 1.08. The zero-order valence-electron chi connectivity index (χ0n) is 6.65. The molecule has 4 nitrogen and oxygen atoms in total. The van der Waals surface area contributed by atoms with Crippen LogP contribution in [0, 0.1) is 0 Å². The summed E-state index contributed by atoms with van der Waals surface area (Å²) in [6.45, 7) is 0. The number of rotatable bonds is 1. The average molecular weight is 163 g/mol. The van der Waals surface area contributed by atoms with Gasteiger partial charge in [-0.15, -0.1) is 0 Å². The molecule has 0 unspecified atom stereocenters. The van der Waals surface area contributed by atoms with Crippen molar-refractivity contribution in [3.8, 4) is 5.88 Å². The topological polar surface area (TPSA) is 49.6 Å². The molecule has 2 N–H and O–H groups in total. The fourth-order valence-electron chi connectivity index (χ4n) is 1.20. The largest absolute Gasteiger partial charge is 0.492 e. The van der Waals surface area contributed by atoms with Crippen molar-refractivity contribution in [2.45, 2.75) is 0 Å². The Balaban J connectivity index is 2.82. The SMILES string of the molecule is CNc1nc(O)c2ccccn12. The molecule has 0 atom stereocenters. The number of nitrogens with zero attached hydrogens (tertiary/aromatic N) is 2. The molecular weight excluding hydrogens is 154 g/mol. The van der Waals surface area contributed by atoms with Crippen LogP contribution in [0.2, 0.25) is 0 Å². The molecule has 0 aromatic carbocycles. The van der Waals surface area contributed by atoms with E-state index in [4.69, 9.17) is 0 Å². The molecule has 0 saturated heterocycles. The third-order valence-corrected chi connectivity index (χ3v) is 1.75. The standard InChI is InChI=1S/C8H9N3O/c1-9-8-10-7(12)6-4-2-3-5-11(6)8/h2-5,12H,1H3,(H,9,10). The van der Waals surface area contributed by atoms with Gasteiger partial charge in [0.1, 0.15) is 5.52 Å². The lowest BCUT2D eigenvalue weighted by atomic mass is 10.4. The van der Waals surface area contributed by atoms with Gasteiger partial charge in [-0.25, -0.2) is 0 Å². The van der Waals surface area contributed by atoms with Gasteiger partial charge in [0.15, 0.2) is 0 Å². The summed E-state index contributed by atoms with van der Waals surface area (Å²) >= 11 is 0. The maximum absolute atomic E-state index is 9.35. The summed E-state index contributed by atoms with van der Waals surface area (Å²) in [6.07, 6.45) is 1.84. The molecule has 62 valence electrons. The van der Waals surface area contributed by atoms with Crippen molar-refractivity contribution in [2.24, 2.45) is 0 Å². The first-order chi connectivity index (χ1) is 5.83. The third-order valence-electron chi connectivity index (χ3n) is 1.75. The lowest BCUT2D eigenvalue weighted by Gasteiger charge is -1.96. The van der Waals surface area contributed by atoms with Gasteiger partial charge in [0.25, 0.3) is 0 Å². The summed E-state index contributed by atoms with van der Waals surface area (Å²) in [6, 6.07) is 5.55. The van der Waals surface area contributed by atoms with Crippen LogP contribution in [0.5, 0.6) is 5.88 Å². The van der Waals surface area contributed by atoms with Crippen LogP contribution in [-0.2, 0) is 0 Å². The van der Waals surface area contributed by atoms with Crippen molar-refractivity contribution in [2.75, 3.05) is 12.4 Å². The van der Waals surface area contributed by atoms with Crippen LogP contribution in [0.1, 0.15) is 0 Å². The Morgan fingerprint density at radius 3 is 3.08 bits per heavy atom. The van der Waals surface area contributed by atoms with Gasteiger partial charge >= 0.3 is 0 Å². The van der Waals surface area contributed by atoms with Crippen LogP contribution in [0.15, 0.2) is 24.4 Å². The van der Waals surface area contributed by atoms with E-state index in [1.54, 1.807) is 11.4 Å². The van der Waals surface area contributed by atoms with Crippen LogP contribution in [0.3, 0.4) is 0 Å². The monoisotopic (exact) mass is 163 g/mol. The normalized spacial score (nSPS) is 10.4. The zero-order chi connectivity index (χ0) is 8.55. The quantitative estimate of drug-likeness (QED) is 0.661. The van der Waals surface area contributed by atoms with E-state index in [9.17, 15) is 5.11 Å². The van der Waals surface area contributed by atoms with Gasteiger partial charge in [0.05, 0.1) is 0 Å². The highest BCUT2D eigenvalue weighted by Gasteiger charge is 2.05. The summed E-state index contributed by atoms with van der Waals surface area (Å²) in [7, 11) is 1.77. The molecule has 2 aromatic rings. The molecule has 0 aliphatic heterocycles. The molecule has 0 fully saturated rings. The number of anilines is 1. The fourth-order valence-corrected chi connectivity index (χ4v) is 1.20.